The summed E-state index contributed by atoms with van der Waals surface area (Å²) in [6.07, 6.45) is 0.545. The minimum atomic E-state index is -0.374. The van der Waals surface area contributed by atoms with E-state index in [1.54, 1.807) is 14.0 Å². The molecule has 0 spiro atoms. The fraction of sp³-hybridized carbons (Fsp3) is 0.500. The van der Waals surface area contributed by atoms with Gasteiger partial charge in [-0.05, 0) is 25.5 Å². The maximum atomic E-state index is 12.6. The molecule has 8 heteroatoms. The van der Waals surface area contributed by atoms with Crippen LogP contribution in [0.1, 0.15) is 19.8 Å². The zero-order valence-corrected chi connectivity index (χ0v) is 15.1. The maximum Gasteiger partial charge on any atom is 0.409 e. The molecular formula is C18H24N4O4. The highest BCUT2D eigenvalue weighted by Crippen LogP contribution is 2.14. The van der Waals surface area contributed by atoms with E-state index in [1.807, 2.05) is 31.2 Å². The molecule has 1 atom stereocenters. The topological polar surface area (TPSA) is 85.6 Å². The van der Waals surface area contributed by atoms with Gasteiger partial charge in [0.2, 0.25) is 5.91 Å². The molecule has 1 aliphatic rings. The molecule has 0 saturated carbocycles. The molecule has 0 aliphatic carbocycles. The van der Waals surface area contributed by atoms with Crippen molar-refractivity contribution in [2.45, 2.75) is 38.9 Å². The van der Waals surface area contributed by atoms with Crippen molar-refractivity contribution < 1.29 is 14.3 Å². The number of likely N-dealkylation sites (tertiary alicyclic amines) is 1. The van der Waals surface area contributed by atoms with E-state index in [4.69, 9.17) is 4.74 Å². The number of rotatable bonds is 5. The van der Waals surface area contributed by atoms with Gasteiger partial charge in [0.15, 0.2) is 0 Å². The highest BCUT2D eigenvalue weighted by Gasteiger charge is 2.27. The summed E-state index contributed by atoms with van der Waals surface area (Å²) < 4.78 is 8.05. The first kappa shape index (κ1) is 18.0. The molecule has 3 rings (SSSR count). The molecular weight excluding hydrogens is 336 g/mol. The SMILES string of the molecule is CCn1c(=O)n(CCC(=O)N[C@H]2CCN(C(=O)OC)C2)c2ccccc21. The number of aryl methyl sites for hydroxylation is 2. The third kappa shape index (κ3) is 3.44. The van der Waals surface area contributed by atoms with Crippen LogP contribution in [-0.2, 0) is 22.6 Å². The van der Waals surface area contributed by atoms with Crippen LogP contribution in [0.15, 0.2) is 29.1 Å². The van der Waals surface area contributed by atoms with Crippen LogP contribution in [0.2, 0.25) is 0 Å². The van der Waals surface area contributed by atoms with Crippen molar-refractivity contribution in [1.29, 1.82) is 0 Å². The van der Waals surface area contributed by atoms with E-state index in [0.717, 1.165) is 11.0 Å². The predicted molar refractivity (Wildman–Crippen MR) is 97.0 cm³/mol. The number of carbonyl (C=O) groups is 2. The first-order valence-electron chi connectivity index (χ1n) is 8.85. The molecule has 1 aromatic carbocycles. The fourth-order valence-electron chi connectivity index (χ4n) is 3.48. The van der Waals surface area contributed by atoms with E-state index < -0.39 is 0 Å². The third-order valence-corrected chi connectivity index (χ3v) is 4.79. The third-order valence-electron chi connectivity index (χ3n) is 4.79. The van der Waals surface area contributed by atoms with E-state index in [-0.39, 0.29) is 30.2 Å². The number of imidazole rings is 1. The number of methoxy groups -OCH3 is 1. The molecule has 26 heavy (non-hydrogen) atoms. The van der Waals surface area contributed by atoms with Crippen molar-refractivity contribution in [2.24, 2.45) is 0 Å². The average molecular weight is 360 g/mol. The van der Waals surface area contributed by atoms with Gasteiger partial charge in [-0.1, -0.05) is 12.1 Å². The van der Waals surface area contributed by atoms with Gasteiger partial charge in [-0.15, -0.1) is 0 Å². The summed E-state index contributed by atoms with van der Waals surface area (Å²) in [6.45, 7) is 3.86. The van der Waals surface area contributed by atoms with Gasteiger partial charge >= 0.3 is 11.8 Å². The Bertz CT molecular complexity index is 870. The van der Waals surface area contributed by atoms with Gasteiger partial charge in [-0.3, -0.25) is 13.9 Å². The summed E-state index contributed by atoms with van der Waals surface area (Å²) in [5.41, 5.74) is 1.62. The fourth-order valence-corrected chi connectivity index (χ4v) is 3.48. The predicted octanol–water partition coefficient (Wildman–Crippen LogP) is 1.17. The average Bonchev–Trinajstić information content (AvgIpc) is 3.21. The van der Waals surface area contributed by atoms with Crippen molar-refractivity contribution in [3.8, 4) is 0 Å². The van der Waals surface area contributed by atoms with Crippen LogP contribution in [0.25, 0.3) is 11.0 Å². The molecule has 0 bridgehead atoms. The smallest absolute Gasteiger partial charge is 0.409 e. The van der Waals surface area contributed by atoms with Gasteiger partial charge in [-0.25, -0.2) is 9.59 Å². The van der Waals surface area contributed by atoms with Crippen LogP contribution in [-0.4, -0.2) is 52.3 Å². The van der Waals surface area contributed by atoms with E-state index in [0.29, 0.717) is 32.6 Å². The van der Waals surface area contributed by atoms with Crippen molar-refractivity contribution in [1.82, 2.24) is 19.4 Å². The molecule has 2 heterocycles. The van der Waals surface area contributed by atoms with Crippen LogP contribution in [0.5, 0.6) is 0 Å². The molecule has 1 fully saturated rings. The van der Waals surface area contributed by atoms with Crippen LogP contribution >= 0.6 is 0 Å². The Balaban J connectivity index is 1.62. The number of para-hydroxylation sites is 2. The van der Waals surface area contributed by atoms with Gasteiger partial charge in [0.25, 0.3) is 0 Å². The zero-order chi connectivity index (χ0) is 18.7. The molecule has 1 saturated heterocycles. The van der Waals surface area contributed by atoms with Gasteiger partial charge < -0.3 is 15.0 Å². The van der Waals surface area contributed by atoms with Gasteiger partial charge in [0, 0.05) is 38.6 Å². The summed E-state index contributed by atoms with van der Waals surface area (Å²) in [5.74, 6) is -0.123. The number of nitrogens with one attached hydrogen (secondary N) is 1. The number of amides is 2. The van der Waals surface area contributed by atoms with Crippen molar-refractivity contribution in [3.63, 3.8) is 0 Å². The van der Waals surface area contributed by atoms with Crippen molar-refractivity contribution in [3.05, 3.63) is 34.7 Å². The molecule has 2 aromatic rings. The van der Waals surface area contributed by atoms with E-state index in [1.165, 1.54) is 7.11 Å². The lowest BCUT2D eigenvalue weighted by atomic mass is 10.2. The standard InChI is InChI=1S/C18H24N4O4/c1-3-21-14-6-4-5-7-15(14)22(17(21)24)11-9-16(23)19-13-8-10-20(12-13)18(25)26-2/h4-7,13H,3,8-12H2,1-2H3,(H,19,23)/t13-/m0/s1. The number of hydrogen-bond donors (Lipinski definition) is 1. The monoisotopic (exact) mass is 360 g/mol. The first-order valence-corrected chi connectivity index (χ1v) is 8.85. The Hall–Kier alpha value is -2.77. The van der Waals surface area contributed by atoms with Crippen LogP contribution in [0, 0.1) is 0 Å². The Kier molecular flexibility index (Phi) is 5.29. The van der Waals surface area contributed by atoms with Gasteiger partial charge in [0.05, 0.1) is 18.1 Å². The molecule has 1 aromatic heterocycles. The largest absolute Gasteiger partial charge is 0.453 e. The summed E-state index contributed by atoms with van der Waals surface area (Å²) in [6, 6.07) is 7.52. The van der Waals surface area contributed by atoms with Crippen molar-refractivity contribution >= 4 is 23.0 Å². The number of benzene rings is 1. The molecule has 1 aliphatic heterocycles. The number of fused-ring (bicyclic) bond motifs is 1. The second-order valence-electron chi connectivity index (χ2n) is 6.39. The minimum absolute atomic E-state index is 0.0738. The molecule has 0 radical (unpaired) electrons. The van der Waals surface area contributed by atoms with E-state index >= 15 is 0 Å². The Morgan fingerprint density at radius 2 is 1.92 bits per heavy atom. The normalized spacial score (nSPS) is 16.8. The van der Waals surface area contributed by atoms with Gasteiger partial charge in [-0.2, -0.15) is 0 Å². The summed E-state index contributed by atoms with van der Waals surface area (Å²) in [5, 5.41) is 2.94. The number of nitrogens with zero attached hydrogens (tertiary/aromatic N) is 3. The number of ether oxygens (including phenoxy) is 1. The van der Waals surface area contributed by atoms with Crippen molar-refractivity contribution in [2.75, 3.05) is 20.2 Å². The highest BCUT2D eigenvalue weighted by atomic mass is 16.5. The Morgan fingerprint density at radius 1 is 1.23 bits per heavy atom. The number of carbonyl (C=O) groups excluding carboxylic acids is 2. The zero-order valence-electron chi connectivity index (χ0n) is 15.1. The second-order valence-corrected chi connectivity index (χ2v) is 6.39. The molecule has 8 nitrogen and oxygen atoms in total. The highest BCUT2D eigenvalue weighted by molar-refractivity contribution is 5.78. The summed E-state index contributed by atoms with van der Waals surface area (Å²) in [4.78, 5) is 37.9. The Labute approximate surface area is 151 Å². The van der Waals surface area contributed by atoms with Crippen LogP contribution < -0.4 is 11.0 Å². The maximum absolute atomic E-state index is 12.6. The number of aromatic nitrogens is 2. The Morgan fingerprint density at radius 3 is 2.58 bits per heavy atom. The lowest BCUT2D eigenvalue weighted by Crippen LogP contribution is -2.39. The van der Waals surface area contributed by atoms with E-state index in [9.17, 15) is 14.4 Å². The molecule has 2 amide bonds. The molecule has 1 N–H and O–H groups in total. The summed E-state index contributed by atoms with van der Waals surface area (Å²) >= 11 is 0. The lowest BCUT2D eigenvalue weighted by molar-refractivity contribution is -0.121. The summed E-state index contributed by atoms with van der Waals surface area (Å²) in [7, 11) is 1.35. The first-order chi connectivity index (χ1) is 12.5. The van der Waals surface area contributed by atoms with Crippen LogP contribution in [0.3, 0.4) is 0 Å². The quantitative estimate of drug-likeness (QED) is 0.867. The molecule has 0 unspecified atom stereocenters. The number of hydrogen-bond acceptors (Lipinski definition) is 4. The molecule has 140 valence electrons. The minimum Gasteiger partial charge on any atom is -0.453 e. The second kappa shape index (κ2) is 7.63. The van der Waals surface area contributed by atoms with Crippen LogP contribution in [0.4, 0.5) is 4.79 Å². The van der Waals surface area contributed by atoms with Gasteiger partial charge in [0.1, 0.15) is 0 Å². The van der Waals surface area contributed by atoms with E-state index in [2.05, 4.69) is 5.32 Å². The lowest BCUT2D eigenvalue weighted by Gasteiger charge is -2.15.